The summed E-state index contributed by atoms with van der Waals surface area (Å²) in [5.41, 5.74) is 5.36. The predicted octanol–water partition coefficient (Wildman–Crippen LogP) is 4.87. The van der Waals surface area contributed by atoms with Gasteiger partial charge in [-0.2, -0.15) is 0 Å². The third kappa shape index (κ3) is 3.14. The van der Waals surface area contributed by atoms with Crippen LogP contribution in [0.15, 0.2) is 48.5 Å². The Bertz CT molecular complexity index is 499. The summed E-state index contributed by atoms with van der Waals surface area (Å²) in [6.07, 6.45) is 1.01. The Morgan fingerprint density at radius 1 is 0.944 bits per heavy atom. The van der Waals surface area contributed by atoms with Gasteiger partial charge in [-0.15, -0.1) is 11.6 Å². The van der Waals surface area contributed by atoms with Crippen molar-refractivity contribution in [2.24, 2.45) is 0 Å². The van der Waals surface area contributed by atoms with Crippen LogP contribution in [0.2, 0.25) is 0 Å². The molecule has 18 heavy (non-hydrogen) atoms. The molecular weight excluding hydrogens is 240 g/mol. The lowest BCUT2D eigenvalue weighted by Crippen LogP contribution is -2.06. The van der Waals surface area contributed by atoms with Crippen molar-refractivity contribution in [3.05, 3.63) is 70.8 Å². The molecule has 2 aromatic carbocycles. The quantitative estimate of drug-likeness (QED) is 0.687. The van der Waals surface area contributed by atoms with Crippen LogP contribution < -0.4 is 0 Å². The lowest BCUT2D eigenvalue weighted by molar-refractivity contribution is 0.760. The van der Waals surface area contributed by atoms with E-state index in [4.69, 9.17) is 11.6 Å². The number of halogens is 1. The highest BCUT2D eigenvalue weighted by molar-refractivity contribution is 6.18. The SMILES string of the molecule is Cc1ccc(CC(CCl)c2ccccc2C)cc1. The maximum absolute atomic E-state index is 6.16. The van der Waals surface area contributed by atoms with Crippen LogP contribution in [0.1, 0.15) is 28.2 Å². The second-order valence-corrected chi connectivity index (χ2v) is 5.21. The summed E-state index contributed by atoms with van der Waals surface area (Å²) in [6, 6.07) is 17.3. The van der Waals surface area contributed by atoms with Gasteiger partial charge in [0.15, 0.2) is 0 Å². The van der Waals surface area contributed by atoms with Crippen LogP contribution in [-0.2, 0) is 6.42 Å². The summed E-state index contributed by atoms with van der Waals surface area (Å²) >= 11 is 6.16. The van der Waals surface area contributed by atoms with Gasteiger partial charge in [-0.1, -0.05) is 54.1 Å². The van der Waals surface area contributed by atoms with E-state index in [0.717, 1.165) is 6.42 Å². The van der Waals surface area contributed by atoms with Gasteiger partial charge in [0, 0.05) is 11.8 Å². The molecule has 0 saturated heterocycles. The minimum Gasteiger partial charge on any atom is -0.126 e. The minimum atomic E-state index is 0.399. The molecule has 94 valence electrons. The van der Waals surface area contributed by atoms with Gasteiger partial charge in [-0.3, -0.25) is 0 Å². The first kappa shape index (κ1) is 13.2. The van der Waals surface area contributed by atoms with Crippen molar-refractivity contribution in [2.45, 2.75) is 26.2 Å². The van der Waals surface area contributed by atoms with E-state index in [1.807, 2.05) is 0 Å². The smallest absolute Gasteiger partial charge is 0.0295 e. The van der Waals surface area contributed by atoms with Crippen molar-refractivity contribution < 1.29 is 0 Å². The first-order valence-electron chi connectivity index (χ1n) is 6.37. The highest BCUT2D eigenvalue weighted by Crippen LogP contribution is 2.25. The summed E-state index contributed by atoms with van der Waals surface area (Å²) in [5, 5.41) is 0. The third-order valence-corrected chi connectivity index (χ3v) is 3.79. The average molecular weight is 259 g/mol. The Kier molecular flexibility index (Phi) is 4.43. The summed E-state index contributed by atoms with van der Waals surface area (Å²) in [7, 11) is 0. The van der Waals surface area contributed by atoms with E-state index in [9.17, 15) is 0 Å². The Labute approximate surface area is 115 Å². The lowest BCUT2D eigenvalue weighted by atomic mass is 9.90. The van der Waals surface area contributed by atoms with Gasteiger partial charge in [0.2, 0.25) is 0 Å². The van der Waals surface area contributed by atoms with Crippen LogP contribution in [0.25, 0.3) is 0 Å². The molecule has 0 saturated carbocycles. The van der Waals surface area contributed by atoms with Crippen LogP contribution in [0.5, 0.6) is 0 Å². The first-order valence-corrected chi connectivity index (χ1v) is 6.91. The number of rotatable bonds is 4. The molecule has 0 N–H and O–H groups in total. The molecule has 0 fully saturated rings. The second-order valence-electron chi connectivity index (χ2n) is 4.90. The van der Waals surface area contributed by atoms with Crippen molar-refractivity contribution >= 4 is 11.6 Å². The van der Waals surface area contributed by atoms with Crippen LogP contribution >= 0.6 is 11.6 Å². The van der Waals surface area contributed by atoms with Crippen molar-refractivity contribution in [1.82, 2.24) is 0 Å². The number of alkyl halides is 1. The molecule has 0 nitrogen and oxygen atoms in total. The molecular formula is C17H19Cl. The predicted molar refractivity (Wildman–Crippen MR) is 79.5 cm³/mol. The van der Waals surface area contributed by atoms with Crippen LogP contribution in [-0.4, -0.2) is 5.88 Å². The Hall–Kier alpha value is -1.27. The monoisotopic (exact) mass is 258 g/mol. The number of hydrogen-bond acceptors (Lipinski definition) is 0. The fourth-order valence-corrected chi connectivity index (χ4v) is 2.58. The molecule has 0 aliphatic heterocycles. The summed E-state index contributed by atoms with van der Waals surface area (Å²) in [6.45, 7) is 4.27. The van der Waals surface area contributed by atoms with Gasteiger partial charge in [0.25, 0.3) is 0 Å². The van der Waals surface area contributed by atoms with E-state index in [1.165, 1.54) is 22.3 Å². The van der Waals surface area contributed by atoms with Gasteiger partial charge < -0.3 is 0 Å². The zero-order valence-corrected chi connectivity index (χ0v) is 11.7. The lowest BCUT2D eigenvalue weighted by Gasteiger charge is -2.17. The van der Waals surface area contributed by atoms with E-state index in [2.05, 4.69) is 62.4 Å². The third-order valence-electron chi connectivity index (χ3n) is 3.42. The molecule has 1 unspecified atom stereocenters. The molecule has 2 aromatic rings. The molecule has 0 bridgehead atoms. The Morgan fingerprint density at radius 2 is 1.61 bits per heavy atom. The molecule has 0 amide bonds. The van der Waals surface area contributed by atoms with E-state index in [0.29, 0.717) is 11.8 Å². The maximum atomic E-state index is 6.16. The Balaban J connectivity index is 2.20. The maximum Gasteiger partial charge on any atom is 0.0295 e. The molecule has 2 rings (SSSR count). The van der Waals surface area contributed by atoms with Gasteiger partial charge >= 0.3 is 0 Å². The number of benzene rings is 2. The first-order chi connectivity index (χ1) is 8.70. The Morgan fingerprint density at radius 3 is 2.22 bits per heavy atom. The van der Waals surface area contributed by atoms with Gasteiger partial charge in [0.1, 0.15) is 0 Å². The van der Waals surface area contributed by atoms with Crippen LogP contribution in [0, 0.1) is 13.8 Å². The van der Waals surface area contributed by atoms with Gasteiger partial charge in [-0.05, 0) is 37.0 Å². The standard InChI is InChI=1S/C17H19Cl/c1-13-7-9-15(10-8-13)11-16(12-18)17-6-4-3-5-14(17)2/h3-10,16H,11-12H2,1-2H3. The largest absolute Gasteiger partial charge is 0.126 e. The van der Waals surface area contributed by atoms with Crippen LogP contribution in [0.4, 0.5) is 0 Å². The highest BCUT2D eigenvalue weighted by atomic mass is 35.5. The van der Waals surface area contributed by atoms with E-state index in [1.54, 1.807) is 0 Å². The molecule has 0 spiro atoms. The summed E-state index contributed by atoms with van der Waals surface area (Å²) in [4.78, 5) is 0. The normalized spacial score (nSPS) is 12.4. The summed E-state index contributed by atoms with van der Waals surface area (Å²) in [5.74, 6) is 1.06. The molecule has 0 aliphatic carbocycles. The number of hydrogen-bond donors (Lipinski definition) is 0. The zero-order valence-electron chi connectivity index (χ0n) is 11.0. The molecule has 1 heteroatoms. The highest BCUT2D eigenvalue weighted by Gasteiger charge is 2.13. The second kappa shape index (κ2) is 6.06. The van der Waals surface area contributed by atoms with Crippen molar-refractivity contribution in [1.29, 1.82) is 0 Å². The van der Waals surface area contributed by atoms with Crippen LogP contribution in [0.3, 0.4) is 0 Å². The molecule has 1 atom stereocenters. The van der Waals surface area contributed by atoms with Crippen molar-refractivity contribution in [3.8, 4) is 0 Å². The summed E-state index contributed by atoms with van der Waals surface area (Å²) < 4.78 is 0. The molecule has 0 aromatic heterocycles. The topological polar surface area (TPSA) is 0 Å². The van der Waals surface area contributed by atoms with Crippen molar-refractivity contribution in [3.63, 3.8) is 0 Å². The molecule has 0 aliphatic rings. The zero-order chi connectivity index (χ0) is 13.0. The van der Waals surface area contributed by atoms with Crippen molar-refractivity contribution in [2.75, 3.05) is 5.88 Å². The fourth-order valence-electron chi connectivity index (χ4n) is 2.30. The number of aryl methyl sites for hydroxylation is 2. The van der Waals surface area contributed by atoms with E-state index >= 15 is 0 Å². The molecule has 0 radical (unpaired) electrons. The fraction of sp³-hybridized carbons (Fsp3) is 0.294. The minimum absolute atomic E-state index is 0.399. The average Bonchev–Trinajstić information content (AvgIpc) is 2.39. The molecule has 0 heterocycles. The van der Waals surface area contributed by atoms with Gasteiger partial charge in [0.05, 0.1) is 0 Å². The van der Waals surface area contributed by atoms with Gasteiger partial charge in [-0.25, -0.2) is 0 Å². The van der Waals surface area contributed by atoms with E-state index in [-0.39, 0.29) is 0 Å². The van der Waals surface area contributed by atoms with E-state index < -0.39 is 0 Å².